The summed E-state index contributed by atoms with van der Waals surface area (Å²) in [5, 5.41) is 0. The molecule has 75 heavy (non-hydrogen) atoms. The van der Waals surface area contributed by atoms with Crippen LogP contribution in [0.2, 0.25) is 0 Å². The van der Waals surface area contributed by atoms with Crippen LogP contribution < -0.4 is 0 Å². The smallest absolute Gasteiger partial charge is 0.306 e. The van der Waals surface area contributed by atoms with Gasteiger partial charge >= 0.3 is 17.9 Å². The van der Waals surface area contributed by atoms with Crippen molar-refractivity contribution in [3.63, 3.8) is 0 Å². The Morgan fingerprint density at radius 3 is 0.813 bits per heavy atom. The summed E-state index contributed by atoms with van der Waals surface area (Å²) in [5.41, 5.74) is 0. The largest absolute Gasteiger partial charge is 0.462 e. The summed E-state index contributed by atoms with van der Waals surface area (Å²) in [6.07, 6.45) is 80.9. The van der Waals surface area contributed by atoms with Gasteiger partial charge in [-0.2, -0.15) is 0 Å². The first-order valence-electron chi connectivity index (χ1n) is 32.8. The Hall–Kier alpha value is -2.89. The number of allylic oxidation sites excluding steroid dienone is 10. The molecule has 0 saturated carbocycles. The number of esters is 3. The molecule has 0 aromatic heterocycles. The van der Waals surface area contributed by atoms with Crippen molar-refractivity contribution in [1.82, 2.24) is 0 Å². The Kier molecular flexibility index (Phi) is 61.2. The third kappa shape index (κ3) is 61.8. The van der Waals surface area contributed by atoms with Gasteiger partial charge in [0.1, 0.15) is 13.2 Å². The lowest BCUT2D eigenvalue weighted by molar-refractivity contribution is -0.167. The minimum atomic E-state index is -0.776. The second-order valence-corrected chi connectivity index (χ2v) is 22.0. The molecule has 6 nitrogen and oxygen atoms in total. The average Bonchev–Trinajstić information content (AvgIpc) is 3.41. The molecule has 1 unspecified atom stereocenters. The van der Waals surface area contributed by atoms with Gasteiger partial charge in [0, 0.05) is 19.3 Å². The van der Waals surface area contributed by atoms with Crippen LogP contribution in [-0.2, 0) is 28.6 Å². The van der Waals surface area contributed by atoms with Gasteiger partial charge in [-0.15, -0.1) is 0 Å². The third-order valence-electron chi connectivity index (χ3n) is 14.5. The number of rotatable bonds is 60. The van der Waals surface area contributed by atoms with Gasteiger partial charge in [0.2, 0.25) is 0 Å². The molecule has 0 radical (unpaired) electrons. The lowest BCUT2D eigenvalue weighted by atomic mass is 10.0. The highest BCUT2D eigenvalue weighted by Gasteiger charge is 2.19. The van der Waals surface area contributed by atoms with Crippen molar-refractivity contribution in [3.05, 3.63) is 60.8 Å². The topological polar surface area (TPSA) is 78.9 Å². The van der Waals surface area contributed by atoms with Crippen LogP contribution in [0, 0.1) is 0 Å². The van der Waals surface area contributed by atoms with E-state index in [1.807, 2.05) is 0 Å². The van der Waals surface area contributed by atoms with Crippen LogP contribution in [0.1, 0.15) is 342 Å². The van der Waals surface area contributed by atoms with E-state index in [0.29, 0.717) is 19.3 Å². The van der Waals surface area contributed by atoms with E-state index in [-0.39, 0.29) is 31.1 Å². The Morgan fingerprint density at radius 1 is 0.280 bits per heavy atom. The maximum absolute atomic E-state index is 12.9. The molecule has 0 spiro atoms. The van der Waals surface area contributed by atoms with Gasteiger partial charge in [0.15, 0.2) is 6.10 Å². The molecule has 0 rings (SSSR count). The second kappa shape index (κ2) is 63.6. The highest BCUT2D eigenvalue weighted by atomic mass is 16.6. The van der Waals surface area contributed by atoms with E-state index in [0.717, 1.165) is 96.3 Å². The Labute approximate surface area is 466 Å². The van der Waals surface area contributed by atoms with Gasteiger partial charge < -0.3 is 14.2 Å². The van der Waals surface area contributed by atoms with Crippen LogP contribution in [-0.4, -0.2) is 37.2 Å². The molecular formula is C69H124O6. The molecule has 0 N–H and O–H groups in total. The summed E-state index contributed by atoms with van der Waals surface area (Å²) in [6.45, 7) is 6.56. The van der Waals surface area contributed by atoms with Crippen LogP contribution in [0.5, 0.6) is 0 Å². The molecular weight excluding hydrogens is 925 g/mol. The summed E-state index contributed by atoms with van der Waals surface area (Å²) in [4.78, 5) is 38.3. The quantitative estimate of drug-likeness (QED) is 0.0261. The van der Waals surface area contributed by atoms with E-state index in [2.05, 4.69) is 81.5 Å². The number of hydrogen-bond acceptors (Lipinski definition) is 6. The minimum absolute atomic E-state index is 0.0731. The molecule has 6 heteroatoms. The van der Waals surface area contributed by atoms with Crippen molar-refractivity contribution in [1.29, 1.82) is 0 Å². The fourth-order valence-corrected chi connectivity index (χ4v) is 9.65. The number of carbonyl (C=O) groups excluding carboxylic acids is 3. The molecule has 0 bridgehead atoms. The van der Waals surface area contributed by atoms with Crippen molar-refractivity contribution in [2.45, 2.75) is 348 Å². The van der Waals surface area contributed by atoms with Gasteiger partial charge in [-0.3, -0.25) is 14.4 Å². The van der Waals surface area contributed by atoms with Crippen LogP contribution >= 0.6 is 0 Å². The van der Waals surface area contributed by atoms with E-state index >= 15 is 0 Å². The Morgan fingerprint density at radius 2 is 0.520 bits per heavy atom. The first-order valence-corrected chi connectivity index (χ1v) is 32.8. The maximum Gasteiger partial charge on any atom is 0.306 e. The SMILES string of the molecule is CC/C=C\C/C=C\C/C=C\C/C=C\C/C=C\CCCCCCCCCC(=O)OCC(COC(=O)CCCCCCCCCCCCC)OC(=O)CCCCCCCCCCCCCCCCCCCCCCCCC. The fourth-order valence-electron chi connectivity index (χ4n) is 9.65. The zero-order valence-corrected chi connectivity index (χ0v) is 50.1. The molecule has 436 valence electrons. The van der Waals surface area contributed by atoms with Crippen LogP contribution in [0.4, 0.5) is 0 Å². The molecule has 0 fully saturated rings. The highest BCUT2D eigenvalue weighted by Crippen LogP contribution is 2.18. The summed E-state index contributed by atoms with van der Waals surface area (Å²) in [6, 6.07) is 0. The summed E-state index contributed by atoms with van der Waals surface area (Å²) < 4.78 is 16.9. The number of carbonyl (C=O) groups is 3. The van der Waals surface area contributed by atoms with E-state index in [1.54, 1.807) is 0 Å². The van der Waals surface area contributed by atoms with Gasteiger partial charge in [-0.25, -0.2) is 0 Å². The van der Waals surface area contributed by atoms with Crippen molar-refractivity contribution in [2.24, 2.45) is 0 Å². The molecule has 0 aliphatic rings. The Balaban J connectivity index is 4.26. The number of unbranched alkanes of at least 4 members (excludes halogenated alkanes) is 39. The average molecular weight is 1050 g/mol. The molecule has 0 aliphatic carbocycles. The monoisotopic (exact) mass is 1050 g/mol. The molecule has 0 saturated heterocycles. The standard InChI is InChI=1S/C69H124O6/c1-4-7-10-13-16-19-22-24-26-28-30-32-34-36-38-40-42-44-47-50-53-56-59-62-68(71)74-65-66(64-73-67(70)61-58-55-52-49-46-21-18-15-12-9-6-3)75-69(72)63-60-57-54-51-48-45-43-41-39-37-35-33-31-29-27-25-23-20-17-14-11-8-5-2/h7,10,16,19,24,26,30,32,36,38,66H,4-6,8-9,11-15,17-18,20-23,25,27-29,31,33-35,37,39-65H2,1-3H3/b10-7-,19-16-,26-24-,32-30-,38-36-. The maximum atomic E-state index is 12.9. The molecule has 0 heterocycles. The van der Waals surface area contributed by atoms with Crippen LogP contribution in [0.25, 0.3) is 0 Å². The first-order chi connectivity index (χ1) is 37.0. The summed E-state index contributed by atoms with van der Waals surface area (Å²) in [5.74, 6) is -0.865. The van der Waals surface area contributed by atoms with Gasteiger partial charge in [-0.1, -0.05) is 319 Å². The van der Waals surface area contributed by atoms with E-state index in [9.17, 15) is 14.4 Å². The van der Waals surface area contributed by atoms with E-state index < -0.39 is 6.10 Å². The normalized spacial score (nSPS) is 12.4. The zero-order valence-electron chi connectivity index (χ0n) is 50.1. The predicted octanol–water partition coefficient (Wildman–Crippen LogP) is 22.3. The predicted molar refractivity (Wildman–Crippen MR) is 325 cm³/mol. The molecule has 0 aromatic carbocycles. The molecule has 1 atom stereocenters. The third-order valence-corrected chi connectivity index (χ3v) is 14.5. The number of hydrogen-bond donors (Lipinski definition) is 0. The summed E-state index contributed by atoms with van der Waals surface area (Å²) >= 11 is 0. The van der Waals surface area contributed by atoms with Gasteiger partial charge in [0.25, 0.3) is 0 Å². The van der Waals surface area contributed by atoms with Crippen molar-refractivity contribution >= 4 is 17.9 Å². The lowest BCUT2D eigenvalue weighted by Gasteiger charge is -2.18. The zero-order chi connectivity index (χ0) is 54.3. The lowest BCUT2D eigenvalue weighted by Crippen LogP contribution is -2.30. The Bertz CT molecular complexity index is 1340. The van der Waals surface area contributed by atoms with Crippen molar-refractivity contribution in [3.8, 4) is 0 Å². The molecule has 0 amide bonds. The molecule has 0 aliphatic heterocycles. The number of ether oxygens (including phenoxy) is 3. The van der Waals surface area contributed by atoms with E-state index in [1.165, 1.54) is 205 Å². The first kappa shape index (κ1) is 72.1. The van der Waals surface area contributed by atoms with Gasteiger partial charge in [-0.05, 0) is 64.2 Å². The van der Waals surface area contributed by atoms with E-state index in [4.69, 9.17) is 14.2 Å². The van der Waals surface area contributed by atoms with Crippen LogP contribution in [0.3, 0.4) is 0 Å². The van der Waals surface area contributed by atoms with Crippen LogP contribution in [0.15, 0.2) is 60.8 Å². The van der Waals surface area contributed by atoms with Gasteiger partial charge in [0.05, 0.1) is 0 Å². The molecule has 0 aromatic rings. The minimum Gasteiger partial charge on any atom is -0.462 e. The second-order valence-electron chi connectivity index (χ2n) is 22.0. The highest BCUT2D eigenvalue weighted by molar-refractivity contribution is 5.71. The van der Waals surface area contributed by atoms with Crippen molar-refractivity contribution < 1.29 is 28.6 Å². The fraction of sp³-hybridized carbons (Fsp3) is 0.812. The van der Waals surface area contributed by atoms with Crippen molar-refractivity contribution in [2.75, 3.05) is 13.2 Å². The summed E-state index contributed by atoms with van der Waals surface area (Å²) in [7, 11) is 0.